The van der Waals surface area contributed by atoms with Crippen molar-refractivity contribution in [1.82, 2.24) is 33.5 Å². The lowest BCUT2D eigenvalue weighted by Gasteiger charge is -2.41. The van der Waals surface area contributed by atoms with Gasteiger partial charge in [-0.3, -0.25) is 14.2 Å². The zero-order valence-corrected chi connectivity index (χ0v) is 34.9. The van der Waals surface area contributed by atoms with E-state index in [2.05, 4.69) is 50.2 Å². The predicted molar refractivity (Wildman–Crippen MR) is 224 cm³/mol. The summed E-state index contributed by atoms with van der Waals surface area (Å²) in [5.41, 5.74) is 2.88. The number of amides is 1. The number of carbonyl (C=O) groups is 1. The number of hydrogen-bond acceptors (Lipinski definition) is 14. The molecule has 0 bridgehead atoms. The maximum atomic E-state index is 13.1. The lowest BCUT2D eigenvalue weighted by molar-refractivity contribution is -0.134. The average molecular weight is 871 g/mol. The first-order chi connectivity index (χ1) is 27.3. The lowest BCUT2D eigenvalue weighted by Crippen LogP contribution is -2.54. The van der Waals surface area contributed by atoms with E-state index in [4.69, 9.17) is 11.6 Å². The molecule has 3 aromatic carbocycles. The van der Waals surface area contributed by atoms with Crippen molar-refractivity contribution >= 4 is 93.2 Å². The summed E-state index contributed by atoms with van der Waals surface area (Å²) in [5.74, 6) is 0.0545. The molecule has 2 aliphatic heterocycles. The van der Waals surface area contributed by atoms with E-state index in [0.717, 1.165) is 65.0 Å². The third kappa shape index (κ3) is 9.82. The first-order valence-corrected chi connectivity index (χ1v) is 22.8. The predicted octanol–water partition coefficient (Wildman–Crippen LogP) is 4.82. The first-order valence-electron chi connectivity index (χ1n) is 17.9. The van der Waals surface area contributed by atoms with Crippen LogP contribution in [0.1, 0.15) is 13.8 Å². The molecular weight excluding hydrogens is 830 g/mol. The maximum Gasteiger partial charge on any atom is 0.263 e. The summed E-state index contributed by atoms with van der Waals surface area (Å²) in [7, 11) is -7.34. The number of hydrogen-bond donors (Lipinski definition) is 3. The standard InChI is InChI=1S/C23H23ClN6O3S2.C13H17N5O2S2/c1-16-13-28(19-4-6-20(7-5-19)35(32,33)27-23-25-15-26-34-23)10-11-30(16)22(31)14-29-9-8-17-2-3-18(24)12-21(17)29;1-10-8-18(7-6-14-10)11-2-4-12(5-3-11)22(19,20)17-13-15-9-16-21-13/h2-9,12,15-16H,10-11,13-14H2,1H3,(H,25,26,27);2-5,9-10,14H,6-8H2,1H3,(H,15,16,17). The van der Waals surface area contributed by atoms with Crippen molar-refractivity contribution in [3.63, 3.8) is 0 Å². The number of sulfonamides is 2. The van der Waals surface area contributed by atoms with Gasteiger partial charge in [0, 0.05) is 103 Å². The molecule has 3 aromatic heterocycles. The topological polar surface area (TPSA) is 188 Å². The van der Waals surface area contributed by atoms with Gasteiger partial charge in [0.25, 0.3) is 20.0 Å². The fourth-order valence-corrected chi connectivity index (χ4v) is 10.2. The molecule has 2 aliphatic rings. The number of fused-ring (bicyclic) bond motifs is 1. The van der Waals surface area contributed by atoms with Crippen molar-refractivity contribution in [2.24, 2.45) is 0 Å². The Hall–Kier alpha value is -4.86. The quantitative estimate of drug-likeness (QED) is 0.171. The molecule has 21 heteroatoms. The summed E-state index contributed by atoms with van der Waals surface area (Å²) in [4.78, 5) is 27.5. The first kappa shape index (κ1) is 40.3. The second kappa shape index (κ2) is 17.3. The number of benzene rings is 3. The van der Waals surface area contributed by atoms with Crippen LogP contribution in [0.5, 0.6) is 0 Å². The van der Waals surface area contributed by atoms with Gasteiger partial charge in [0.05, 0.1) is 9.79 Å². The van der Waals surface area contributed by atoms with Crippen LogP contribution in [0, 0.1) is 0 Å². The lowest BCUT2D eigenvalue weighted by atomic mass is 10.1. The van der Waals surface area contributed by atoms with Crippen molar-refractivity contribution < 1.29 is 21.6 Å². The SMILES string of the molecule is CC1CN(c2ccc(S(=O)(=O)Nc3ncns3)cc2)CCN1.CC1CN(c2ccc(S(=O)(=O)Nc3ncns3)cc2)CCN1C(=O)Cn1ccc2ccc(Cl)cc21. The van der Waals surface area contributed by atoms with Gasteiger partial charge in [0.2, 0.25) is 16.2 Å². The minimum Gasteiger partial charge on any atom is -0.369 e. The van der Waals surface area contributed by atoms with Gasteiger partial charge >= 0.3 is 0 Å². The normalized spacial score (nSPS) is 17.6. The molecule has 5 heterocycles. The Labute approximate surface area is 343 Å². The van der Waals surface area contributed by atoms with E-state index < -0.39 is 20.0 Å². The molecule has 57 heavy (non-hydrogen) atoms. The van der Waals surface area contributed by atoms with Crippen LogP contribution in [0.25, 0.3) is 10.9 Å². The van der Waals surface area contributed by atoms with E-state index >= 15 is 0 Å². The molecule has 300 valence electrons. The highest BCUT2D eigenvalue weighted by Gasteiger charge is 2.28. The smallest absolute Gasteiger partial charge is 0.263 e. The zero-order chi connectivity index (χ0) is 40.2. The largest absolute Gasteiger partial charge is 0.369 e. The number of nitrogens with zero attached hydrogens (tertiary/aromatic N) is 8. The minimum atomic E-state index is -3.73. The number of carbonyl (C=O) groups excluding carboxylic acids is 1. The van der Waals surface area contributed by atoms with Crippen LogP contribution >= 0.6 is 34.7 Å². The Kier molecular flexibility index (Phi) is 12.3. The van der Waals surface area contributed by atoms with Crippen LogP contribution in [0.2, 0.25) is 5.02 Å². The molecular formula is C36H40ClN11O5S4. The van der Waals surface area contributed by atoms with Gasteiger partial charge < -0.3 is 24.6 Å². The number of piperazine rings is 2. The highest BCUT2D eigenvalue weighted by molar-refractivity contribution is 7.93. The molecule has 0 aliphatic carbocycles. The van der Waals surface area contributed by atoms with Crippen molar-refractivity contribution in [3.05, 3.63) is 96.7 Å². The molecule has 6 aromatic rings. The molecule has 3 N–H and O–H groups in total. The molecule has 2 saturated heterocycles. The molecule has 2 fully saturated rings. The monoisotopic (exact) mass is 869 g/mol. The van der Waals surface area contributed by atoms with Crippen molar-refractivity contribution in [2.45, 2.75) is 42.3 Å². The summed E-state index contributed by atoms with van der Waals surface area (Å²) in [6, 6.07) is 21.7. The Morgan fingerprint density at radius 2 is 1.37 bits per heavy atom. The summed E-state index contributed by atoms with van der Waals surface area (Å²) in [5, 5.41) is 5.55. The number of aromatic nitrogens is 5. The summed E-state index contributed by atoms with van der Waals surface area (Å²) < 4.78 is 63.9. The zero-order valence-electron chi connectivity index (χ0n) is 30.9. The van der Waals surface area contributed by atoms with E-state index in [9.17, 15) is 21.6 Å². The molecule has 16 nitrogen and oxygen atoms in total. The highest BCUT2D eigenvalue weighted by atomic mass is 35.5. The van der Waals surface area contributed by atoms with Gasteiger partial charge in [0.15, 0.2) is 0 Å². The highest BCUT2D eigenvalue weighted by Crippen LogP contribution is 2.26. The van der Waals surface area contributed by atoms with Crippen molar-refractivity contribution in [3.8, 4) is 0 Å². The van der Waals surface area contributed by atoms with E-state index in [-0.39, 0.29) is 38.5 Å². The van der Waals surface area contributed by atoms with E-state index in [0.29, 0.717) is 30.7 Å². The van der Waals surface area contributed by atoms with Crippen molar-refractivity contribution in [1.29, 1.82) is 0 Å². The number of nitrogens with one attached hydrogen (secondary N) is 3. The number of halogens is 1. The van der Waals surface area contributed by atoms with Gasteiger partial charge in [0.1, 0.15) is 19.2 Å². The molecule has 0 radical (unpaired) electrons. The second-order valence-electron chi connectivity index (χ2n) is 13.5. The Morgan fingerprint density at radius 3 is 1.89 bits per heavy atom. The number of rotatable bonds is 10. The van der Waals surface area contributed by atoms with Crippen LogP contribution < -0.4 is 24.6 Å². The Morgan fingerprint density at radius 1 is 0.789 bits per heavy atom. The summed E-state index contributed by atoms with van der Waals surface area (Å²) >= 11 is 8.12. The van der Waals surface area contributed by atoms with Gasteiger partial charge in [-0.1, -0.05) is 17.7 Å². The molecule has 0 saturated carbocycles. The fourth-order valence-electron chi connectivity index (χ4n) is 6.72. The van der Waals surface area contributed by atoms with Gasteiger partial charge in [-0.15, -0.1) is 0 Å². The second-order valence-corrected chi connectivity index (χ2v) is 18.9. The fraction of sp³-hybridized carbons (Fsp3) is 0.306. The summed E-state index contributed by atoms with van der Waals surface area (Å²) in [6.07, 6.45) is 4.53. The molecule has 2 atom stereocenters. The van der Waals surface area contributed by atoms with Gasteiger partial charge in [-0.2, -0.15) is 8.75 Å². The molecule has 1 amide bonds. The van der Waals surface area contributed by atoms with E-state index in [1.807, 2.05) is 59.0 Å². The molecule has 8 rings (SSSR count). The van der Waals surface area contributed by atoms with Crippen LogP contribution in [0.3, 0.4) is 0 Å². The van der Waals surface area contributed by atoms with Crippen LogP contribution in [0.4, 0.5) is 21.6 Å². The Balaban J connectivity index is 0.000000194. The molecule has 0 spiro atoms. The van der Waals surface area contributed by atoms with E-state index in [1.165, 1.54) is 12.7 Å². The average Bonchev–Trinajstić information content (AvgIpc) is 3.99. The third-order valence-electron chi connectivity index (χ3n) is 9.55. The minimum absolute atomic E-state index is 0.00384. The van der Waals surface area contributed by atoms with Crippen LogP contribution in [0.15, 0.2) is 101 Å². The van der Waals surface area contributed by atoms with Crippen molar-refractivity contribution in [2.75, 3.05) is 58.5 Å². The summed E-state index contributed by atoms with van der Waals surface area (Å²) in [6.45, 7) is 9.06. The van der Waals surface area contributed by atoms with Gasteiger partial charge in [-0.05, 0) is 86.0 Å². The van der Waals surface area contributed by atoms with E-state index in [1.54, 1.807) is 36.4 Å². The van der Waals surface area contributed by atoms with Gasteiger partial charge in [-0.25, -0.2) is 26.8 Å². The molecule has 2 unspecified atom stereocenters. The number of anilines is 4. The third-order valence-corrected chi connectivity index (χ3v) is 13.9. The maximum absolute atomic E-state index is 13.1. The Bertz CT molecular complexity index is 2500. The van der Waals surface area contributed by atoms with Crippen LogP contribution in [-0.2, 0) is 31.4 Å². The van der Waals surface area contributed by atoms with Crippen LogP contribution in [-0.4, -0.2) is 102 Å².